The maximum Gasteiger partial charge on any atom is 0.242 e. The Morgan fingerprint density at radius 1 is 1.35 bits per heavy atom. The number of sulfonamides is 1. The molecular formula is C14H22N2O3S. The molecule has 1 aromatic rings. The van der Waals surface area contributed by atoms with E-state index < -0.39 is 10.0 Å². The first-order chi connectivity index (χ1) is 9.47. The van der Waals surface area contributed by atoms with Crippen LogP contribution in [0.25, 0.3) is 0 Å². The highest BCUT2D eigenvalue weighted by Gasteiger charge is 2.16. The Bertz CT molecular complexity index is 541. The summed E-state index contributed by atoms with van der Waals surface area (Å²) in [5, 5.41) is 3.08. The highest BCUT2D eigenvalue weighted by atomic mass is 32.2. The van der Waals surface area contributed by atoms with Crippen molar-refractivity contribution in [2.24, 2.45) is 0 Å². The van der Waals surface area contributed by atoms with Gasteiger partial charge in [-0.1, -0.05) is 31.2 Å². The zero-order chi connectivity index (χ0) is 15.0. The van der Waals surface area contributed by atoms with E-state index in [9.17, 15) is 8.42 Å². The van der Waals surface area contributed by atoms with Crippen molar-refractivity contribution in [1.29, 1.82) is 0 Å². The van der Waals surface area contributed by atoms with Crippen LogP contribution in [0.4, 0.5) is 5.69 Å². The molecule has 2 N–H and O–H groups in total. The molecule has 0 radical (unpaired) electrons. The van der Waals surface area contributed by atoms with Crippen molar-refractivity contribution in [1.82, 2.24) is 4.72 Å². The van der Waals surface area contributed by atoms with E-state index in [0.29, 0.717) is 32.0 Å². The third-order valence-corrected chi connectivity index (χ3v) is 4.02. The van der Waals surface area contributed by atoms with Crippen LogP contribution in [0.15, 0.2) is 41.3 Å². The largest absolute Gasteiger partial charge is 0.382 e. The van der Waals surface area contributed by atoms with Crippen LogP contribution < -0.4 is 10.0 Å². The number of hydrogen-bond donors (Lipinski definition) is 2. The van der Waals surface area contributed by atoms with E-state index in [2.05, 4.69) is 16.6 Å². The van der Waals surface area contributed by atoms with Crippen molar-refractivity contribution < 1.29 is 13.2 Å². The quantitative estimate of drug-likeness (QED) is 0.540. The summed E-state index contributed by atoms with van der Waals surface area (Å²) in [4.78, 5) is 0.252. The van der Waals surface area contributed by atoms with Crippen molar-refractivity contribution >= 4 is 15.7 Å². The number of nitrogens with one attached hydrogen (secondary N) is 2. The first kappa shape index (κ1) is 16.7. The van der Waals surface area contributed by atoms with Crippen molar-refractivity contribution in [2.75, 3.05) is 31.6 Å². The molecule has 0 saturated carbocycles. The zero-order valence-corrected chi connectivity index (χ0v) is 12.8. The standard InChI is InChI=1S/C14H22N2O3S/c1-4-16-20(17,18)14-8-6-5-7-13(14)15-9-10-19-11-12(2)3/h5-8,15-16H,2,4,9-11H2,1,3H3. The summed E-state index contributed by atoms with van der Waals surface area (Å²) in [5.74, 6) is 0. The van der Waals surface area contributed by atoms with E-state index >= 15 is 0 Å². The SMILES string of the molecule is C=C(C)COCCNc1ccccc1S(=O)(=O)NCC. The molecule has 0 fully saturated rings. The van der Waals surface area contributed by atoms with Gasteiger partial charge in [0.2, 0.25) is 10.0 Å². The maximum atomic E-state index is 12.0. The lowest BCUT2D eigenvalue weighted by Gasteiger charge is -2.12. The predicted molar refractivity (Wildman–Crippen MR) is 81.4 cm³/mol. The molecule has 0 spiro atoms. The molecule has 112 valence electrons. The summed E-state index contributed by atoms with van der Waals surface area (Å²) < 4.78 is 31.9. The third kappa shape index (κ3) is 5.32. The smallest absolute Gasteiger partial charge is 0.242 e. The van der Waals surface area contributed by atoms with E-state index in [-0.39, 0.29) is 4.90 Å². The van der Waals surface area contributed by atoms with Gasteiger partial charge in [-0.3, -0.25) is 0 Å². The average Bonchev–Trinajstić information content (AvgIpc) is 2.38. The van der Waals surface area contributed by atoms with Gasteiger partial charge in [-0.05, 0) is 19.1 Å². The van der Waals surface area contributed by atoms with Gasteiger partial charge in [0.15, 0.2) is 0 Å². The first-order valence-electron chi connectivity index (χ1n) is 6.52. The maximum absolute atomic E-state index is 12.0. The molecule has 20 heavy (non-hydrogen) atoms. The molecule has 0 aliphatic rings. The lowest BCUT2D eigenvalue weighted by molar-refractivity contribution is 0.167. The Balaban J connectivity index is 2.65. The molecule has 0 saturated heterocycles. The van der Waals surface area contributed by atoms with E-state index in [1.54, 1.807) is 31.2 Å². The fourth-order valence-corrected chi connectivity index (χ4v) is 2.84. The second kappa shape index (κ2) is 8.04. The molecule has 1 rings (SSSR count). The van der Waals surface area contributed by atoms with E-state index in [1.807, 2.05) is 6.92 Å². The summed E-state index contributed by atoms with van der Waals surface area (Å²) >= 11 is 0. The molecule has 0 bridgehead atoms. The molecule has 0 atom stereocenters. The number of rotatable bonds is 9. The van der Waals surface area contributed by atoms with Crippen LogP contribution in [-0.4, -0.2) is 34.7 Å². The lowest BCUT2D eigenvalue weighted by atomic mass is 10.3. The molecule has 0 aliphatic heterocycles. The molecule has 0 unspecified atom stereocenters. The van der Waals surface area contributed by atoms with Gasteiger partial charge in [-0.2, -0.15) is 0 Å². The molecular weight excluding hydrogens is 276 g/mol. The van der Waals surface area contributed by atoms with Gasteiger partial charge in [0.25, 0.3) is 0 Å². The third-order valence-electron chi connectivity index (χ3n) is 2.42. The molecule has 0 aliphatic carbocycles. The lowest BCUT2D eigenvalue weighted by Crippen LogP contribution is -2.24. The highest BCUT2D eigenvalue weighted by molar-refractivity contribution is 7.89. The molecule has 6 heteroatoms. The summed E-state index contributed by atoms with van der Waals surface area (Å²) in [5.41, 5.74) is 1.53. The zero-order valence-electron chi connectivity index (χ0n) is 12.0. The minimum Gasteiger partial charge on any atom is -0.382 e. The van der Waals surface area contributed by atoms with Crippen LogP contribution in [0.5, 0.6) is 0 Å². The second-order valence-corrected chi connectivity index (χ2v) is 6.17. The van der Waals surface area contributed by atoms with Gasteiger partial charge in [0.1, 0.15) is 4.90 Å². The van der Waals surface area contributed by atoms with Gasteiger partial charge in [0, 0.05) is 13.1 Å². The summed E-state index contributed by atoms with van der Waals surface area (Å²) in [6.45, 7) is 9.28. The number of ether oxygens (including phenoxy) is 1. The Morgan fingerprint density at radius 2 is 2.05 bits per heavy atom. The van der Waals surface area contributed by atoms with E-state index in [4.69, 9.17) is 4.74 Å². The first-order valence-corrected chi connectivity index (χ1v) is 8.00. The molecule has 0 aromatic heterocycles. The molecule has 1 aromatic carbocycles. The van der Waals surface area contributed by atoms with Crippen LogP contribution in [-0.2, 0) is 14.8 Å². The fraction of sp³-hybridized carbons (Fsp3) is 0.429. The Morgan fingerprint density at radius 3 is 2.70 bits per heavy atom. The van der Waals surface area contributed by atoms with Crippen molar-refractivity contribution in [3.05, 3.63) is 36.4 Å². The Hall–Kier alpha value is -1.37. The van der Waals surface area contributed by atoms with Crippen LogP contribution >= 0.6 is 0 Å². The van der Waals surface area contributed by atoms with Crippen molar-refractivity contribution in [2.45, 2.75) is 18.7 Å². The normalized spacial score (nSPS) is 11.3. The van der Waals surface area contributed by atoms with Crippen molar-refractivity contribution in [3.63, 3.8) is 0 Å². The fourth-order valence-electron chi connectivity index (χ4n) is 1.62. The molecule has 5 nitrogen and oxygen atoms in total. The summed E-state index contributed by atoms with van der Waals surface area (Å²) in [6, 6.07) is 6.81. The molecule has 0 amide bonds. The number of benzene rings is 1. The van der Waals surface area contributed by atoms with Gasteiger partial charge in [0.05, 0.1) is 18.9 Å². The van der Waals surface area contributed by atoms with Crippen LogP contribution in [0, 0.1) is 0 Å². The van der Waals surface area contributed by atoms with Gasteiger partial charge < -0.3 is 10.1 Å². The summed E-state index contributed by atoms with van der Waals surface area (Å²) in [6.07, 6.45) is 0. The minimum absolute atomic E-state index is 0.252. The Kier molecular flexibility index (Phi) is 6.70. The average molecular weight is 298 g/mol. The predicted octanol–water partition coefficient (Wildman–Crippen LogP) is 1.99. The van der Waals surface area contributed by atoms with Crippen LogP contribution in [0.2, 0.25) is 0 Å². The van der Waals surface area contributed by atoms with E-state index in [0.717, 1.165) is 5.57 Å². The topological polar surface area (TPSA) is 67.4 Å². The monoisotopic (exact) mass is 298 g/mol. The molecule has 0 heterocycles. The summed E-state index contributed by atoms with van der Waals surface area (Å²) in [7, 11) is -3.46. The minimum atomic E-state index is -3.46. The number of anilines is 1. The van der Waals surface area contributed by atoms with Gasteiger partial charge in [-0.25, -0.2) is 13.1 Å². The highest BCUT2D eigenvalue weighted by Crippen LogP contribution is 2.20. The van der Waals surface area contributed by atoms with E-state index in [1.165, 1.54) is 0 Å². The van der Waals surface area contributed by atoms with Gasteiger partial charge >= 0.3 is 0 Å². The van der Waals surface area contributed by atoms with Crippen molar-refractivity contribution in [3.8, 4) is 0 Å². The Labute approximate surface area is 121 Å². The number of hydrogen-bond acceptors (Lipinski definition) is 4. The van der Waals surface area contributed by atoms with Crippen LogP contribution in [0.3, 0.4) is 0 Å². The number of para-hydroxylation sites is 1. The second-order valence-electron chi connectivity index (χ2n) is 4.43. The van der Waals surface area contributed by atoms with Crippen LogP contribution in [0.1, 0.15) is 13.8 Å². The van der Waals surface area contributed by atoms with Gasteiger partial charge in [-0.15, -0.1) is 0 Å².